The van der Waals surface area contributed by atoms with Crippen molar-refractivity contribution >= 4 is 22.7 Å². The molecular formula is C14H18N2S2. The number of hydrogen-bond donors (Lipinski definition) is 1. The normalized spacial score (nSPS) is 21.8. The molecule has 2 atom stereocenters. The van der Waals surface area contributed by atoms with Gasteiger partial charge in [-0.2, -0.15) is 0 Å². The zero-order valence-electron chi connectivity index (χ0n) is 10.5. The van der Waals surface area contributed by atoms with Crippen molar-refractivity contribution in [3.8, 4) is 0 Å². The van der Waals surface area contributed by atoms with Gasteiger partial charge in [-0.05, 0) is 41.8 Å². The first-order chi connectivity index (χ1) is 8.75. The smallest absolute Gasteiger partial charge is 0.0519 e. The maximum atomic E-state index is 6.30. The summed E-state index contributed by atoms with van der Waals surface area (Å²) < 4.78 is 0. The highest BCUT2D eigenvalue weighted by Gasteiger charge is 2.26. The molecular weight excluding hydrogens is 260 g/mol. The summed E-state index contributed by atoms with van der Waals surface area (Å²) in [4.78, 5) is 5.36. The zero-order valence-corrected chi connectivity index (χ0v) is 12.1. The van der Waals surface area contributed by atoms with Gasteiger partial charge in [-0.25, -0.2) is 0 Å². The molecule has 2 aromatic rings. The summed E-state index contributed by atoms with van der Waals surface area (Å²) in [5.74, 6) is 0. The van der Waals surface area contributed by atoms with Gasteiger partial charge in [0.1, 0.15) is 0 Å². The molecule has 3 rings (SSSR count). The van der Waals surface area contributed by atoms with Gasteiger partial charge in [0, 0.05) is 28.9 Å². The van der Waals surface area contributed by atoms with Crippen molar-refractivity contribution in [3.63, 3.8) is 0 Å². The Morgan fingerprint density at radius 2 is 2.28 bits per heavy atom. The number of rotatable bonds is 3. The van der Waals surface area contributed by atoms with Crippen LogP contribution in [-0.4, -0.2) is 18.0 Å². The van der Waals surface area contributed by atoms with E-state index in [4.69, 9.17) is 5.73 Å². The Morgan fingerprint density at radius 1 is 1.39 bits per heavy atom. The van der Waals surface area contributed by atoms with Crippen LogP contribution in [0.25, 0.3) is 0 Å². The summed E-state index contributed by atoms with van der Waals surface area (Å²) in [6.45, 7) is 4.39. The van der Waals surface area contributed by atoms with Gasteiger partial charge in [0.2, 0.25) is 0 Å². The van der Waals surface area contributed by atoms with Crippen molar-refractivity contribution in [2.24, 2.45) is 5.73 Å². The van der Waals surface area contributed by atoms with E-state index in [1.54, 1.807) is 16.2 Å². The third-order valence-corrected chi connectivity index (χ3v) is 5.74. The monoisotopic (exact) mass is 278 g/mol. The summed E-state index contributed by atoms with van der Waals surface area (Å²) >= 11 is 3.65. The van der Waals surface area contributed by atoms with Gasteiger partial charge in [-0.15, -0.1) is 22.7 Å². The number of thiophene rings is 2. The van der Waals surface area contributed by atoms with Crippen LogP contribution in [-0.2, 0) is 6.42 Å². The maximum Gasteiger partial charge on any atom is 0.0519 e. The van der Waals surface area contributed by atoms with Crippen LogP contribution in [0.15, 0.2) is 29.0 Å². The number of nitrogens with two attached hydrogens (primary N) is 1. The second kappa shape index (κ2) is 5.13. The van der Waals surface area contributed by atoms with Crippen LogP contribution in [0.3, 0.4) is 0 Å². The van der Waals surface area contributed by atoms with Crippen molar-refractivity contribution in [2.75, 3.05) is 13.1 Å². The molecule has 0 aliphatic carbocycles. The van der Waals surface area contributed by atoms with E-state index in [0.29, 0.717) is 6.04 Å². The molecule has 2 unspecified atom stereocenters. The van der Waals surface area contributed by atoms with Gasteiger partial charge in [0.15, 0.2) is 0 Å². The molecule has 2 aromatic heterocycles. The van der Waals surface area contributed by atoms with Gasteiger partial charge in [0.25, 0.3) is 0 Å². The Bertz CT molecular complexity index is 504. The molecule has 3 heterocycles. The molecule has 0 fully saturated rings. The van der Waals surface area contributed by atoms with Crippen LogP contribution in [0.2, 0.25) is 0 Å². The first-order valence-electron chi connectivity index (χ1n) is 6.35. The van der Waals surface area contributed by atoms with Gasteiger partial charge in [-0.1, -0.05) is 6.07 Å². The lowest BCUT2D eigenvalue weighted by atomic mass is 10.0. The molecule has 2 N–H and O–H groups in total. The minimum Gasteiger partial charge on any atom is -0.322 e. The zero-order chi connectivity index (χ0) is 12.5. The largest absolute Gasteiger partial charge is 0.322 e. The first-order valence-corrected chi connectivity index (χ1v) is 8.11. The van der Waals surface area contributed by atoms with Gasteiger partial charge < -0.3 is 5.73 Å². The molecule has 96 valence electrons. The molecule has 4 heteroatoms. The fraction of sp³-hybridized carbons (Fsp3) is 0.429. The molecule has 0 amide bonds. The van der Waals surface area contributed by atoms with E-state index >= 15 is 0 Å². The van der Waals surface area contributed by atoms with Crippen molar-refractivity contribution in [1.82, 2.24) is 4.90 Å². The molecule has 18 heavy (non-hydrogen) atoms. The average molecular weight is 278 g/mol. The fourth-order valence-electron chi connectivity index (χ4n) is 2.66. The highest BCUT2D eigenvalue weighted by Crippen LogP contribution is 2.33. The summed E-state index contributed by atoms with van der Waals surface area (Å²) in [6.07, 6.45) is 1.18. The Balaban J connectivity index is 1.71. The van der Waals surface area contributed by atoms with E-state index in [1.807, 2.05) is 11.3 Å². The minimum atomic E-state index is 0.146. The fourth-order valence-corrected chi connectivity index (χ4v) is 4.34. The predicted octanol–water partition coefficient (Wildman–Crippen LogP) is 3.43. The lowest BCUT2D eigenvalue weighted by Crippen LogP contribution is -2.38. The molecule has 0 saturated heterocycles. The van der Waals surface area contributed by atoms with Gasteiger partial charge in [0.05, 0.1) is 6.04 Å². The van der Waals surface area contributed by atoms with E-state index in [2.05, 4.69) is 40.8 Å². The van der Waals surface area contributed by atoms with Crippen LogP contribution >= 0.6 is 22.7 Å². The molecule has 2 nitrogen and oxygen atoms in total. The van der Waals surface area contributed by atoms with Gasteiger partial charge in [-0.3, -0.25) is 4.90 Å². The van der Waals surface area contributed by atoms with Crippen molar-refractivity contribution < 1.29 is 0 Å². The lowest BCUT2D eigenvalue weighted by molar-refractivity contribution is 0.189. The topological polar surface area (TPSA) is 29.3 Å². The van der Waals surface area contributed by atoms with E-state index in [-0.39, 0.29) is 6.04 Å². The third kappa shape index (κ3) is 2.26. The summed E-state index contributed by atoms with van der Waals surface area (Å²) in [5.41, 5.74) is 7.80. The van der Waals surface area contributed by atoms with Crippen LogP contribution in [0.4, 0.5) is 0 Å². The summed E-state index contributed by atoms with van der Waals surface area (Å²) in [6, 6.07) is 7.14. The summed E-state index contributed by atoms with van der Waals surface area (Å²) in [5, 5.41) is 4.32. The van der Waals surface area contributed by atoms with Gasteiger partial charge >= 0.3 is 0 Å². The molecule has 0 bridgehead atoms. The number of nitrogens with zero attached hydrogens (tertiary/aromatic N) is 1. The minimum absolute atomic E-state index is 0.146. The molecule has 1 aliphatic heterocycles. The molecule has 0 radical (unpaired) electrons. The van der Waals surface area contributed by atoms with Crippen molar-refractivity contribution in [2.45, 2.75) is 25.4 Å². The van der Waals surface area contributed by atoms with E-state index in [0.717, 1.165) is 13.1 Å². The summed E-state index contributed by atoms with van der Waals surface area (Å²) in [7, 11) is 0. The van der Waals surface area contributed by atoms with E-state index in [1.165, 1.54) is 16.9 Å². The SMILES string of the molecule is CC1c2ccsc2CCN1CC(N)c1cccs1. The highest BCUT2D eigenvalue weighted by atomic mass is 32.1. The predicted molar refractivity (Wildman–Crippen MR) is 79.3 cm³/mol. The Labute approximate surface area is 116 Å². The van der Waals surface area contributed by atoms with Crippen molar-refractivity contribution in [3.05, 3.63) is 44.3 Å². The Hall–Kier alpha value is -0.680. The first kappa shape index (κ1) is 12.4. The molecule has 0 spiro atoms. The van der Waals surface area contributed by atoms with Crippen LogP contribution < -0.4 is 5.73 Å². The Morgan fingerprint density at radius 3 is 3.06 bits per heavy atom. The molecule has 0 saturated carbocycles. The lowest BCUT2D eigenvalue weighted by Gasteiger charge is -2.35. The van der Waals surface area contributed by atoms with Crippen LogP contribution in [0.1, 0.15) is 34.3 Å². The van der Waals surface area contributed by atoms with Crippen molar-refractivity contribution in [1.29, 1.82) is 0 Å². The van der Waals surface area contributed by atoms with Crippen LogP contribution in [0.5, 0.6) is 0 Å². The second-order valence-corrected chi connectivity index (χ2v) is 6.82. The van der Waals surface area contributed by atoms with E-state index < -0.39 is 0 Å². The average Bonchev–Trinajstić information content (AvgIpc) is 3.02. The maximum absolute atomic E-state index is 6.30. The molecule has 1 aliphatic rings. The molecule has 0 aromatic carbocycles. The second-order valence-electron chi connectivity index (χ2n) is 4.84. The van der Waals surface area contributed by atoms with Crippen LogP contribution in [0, 0.1) is 0 Å². The van der Waals surface area contributed by atoms with E-state index in [9.17, 15) is 0 Å². The highest BCUT2D eigenvalue weighted by molar-refractivity contribution is 7.10. The quantitative estimate of drug-likeness (QED) is 0.932. The third-order valence-electron chi connectivity index (χ3n) is 3.74. The standard InChI is InChI=1S/C14H18N2S2/c1-10-11-5-8-18-13(11)4-6-16(10)9-12(15)14-3-2-7-17-14/h2-3,5,7-8,10,12H,4,6,9,15H2,1H3. The number of hydrogen-bond acceptors (Lipinski definition) is 4. The number of fused-ring (bicyclic) bond motifs is 1. The Kier molecular flexibility index (Phi) is 3.52.